The van der Waals surface area contributed by atoms with Crippen LogP contribution in [0.4, 0.5) is 11.4 Å². The summed E-state index contributed by atoms with van der Waals surface area (Å²) in [7, 11) is 0.987. The molecule has 9 heteroatoms. The van der Waals surface area contributed by atoms with Crippen molar-refractivity contribution in [2.24, 2.45) is 0 Å². The highest BCUT2D eigenvalue weighted by molar-refractivity contribution is 6.76. The fourth-order valence-corrected chi connectivity index (χ4v) is 5.38. The van der Waals surface area contributed by atoms with Gasteiger partial charge in [0.25, 0.3) is 0 Å². The van der Waals surface area contributed by atoms with Crippen molar-refractivity contribution in [1.29, 1.82) is 0 Å². The van der Waals surface area contributed by atoms with E-state index in [9.17, 15) is 0 Å². The van der Waals surface area contributed by atoms with Gasteiger partial charge in [-0.2, -0.15) is 0 Å². The second kappa shape index (κ2) is 11.1. The normalized spacial score (nSPS) is 14.8. The molecule has 200 valence electrons. The minimum absolute atomic E-state index is 0.415. The third-order valence-electron chi connectivity index (χ3n) is 6.97. The molecule has 0 bridgehead atoms. The van der Waals surface area contributed by atoms with Crippen LogP contribution in [-0.4, -0.2) is 67.3 Å². The van der Waals surface area contributed by atoms with Crippen LogP contribution in [0.15, 0.2) is 60.9 Å². The number of hydrogen-bond acceptors (Lipinski definition) is 7. The Morgan fingerprint density at radius 2 is 1.71 bits per heavy atom. The maximum atomic E-state index is 6.19. The van der Waals surface area contributed by atoms with Gasteiger partial charge >= 0.3 is 0 Å². The summed E-state index contributed by atoms with van der Waals surface area (Å²) in [4.78, 5) is 13.9. The van der Waals surface area contributed by atoms with Crippen LogP contribution in [0.5, 0.6) is 11.6 Å². The summed E-state index contributed by atoms with van der Waals surface area (Å²) in [6.45, 7) is 12.5. The zero-order chi connectivity index (χ0) is 26.7. The van der Waals surface area contributed by atoms with Crippen molar-refractivity contribution >= 4 is 30.5 Å². The van der Waals surface area contributed by atoms with E-state index in [4.69, 9.17) is 15.2 Å². The van der Waals surface area contributed by atoms with E-state index in [0.717, 1.165) is 61.1 Å². The maximum absolute atomic E-state index is 6.19. The number of likely N-dealkylation sites (N-methyl/N-ethyl adjacent to an activating group) is 1. The molecule has 0 radical (unpaired) electrons. The number of fused-ring (bicyclic) bond motifs is 1. The molecule has 2 aromatic heterocycles. The van der Waals surface area contributed by atoms with Crippen LogP contribution in [0.3, 0.4) is 0 Å². The smallest absolute Gasteiger partial charge is 0.231 e. The van der Waals surface area contributed by atoms with Gasteiger partial charge in [-0.05, 0) is 49.0 Å². The highest BCUT2D eigenvalue weighted by atomic mass is 28.3. The van der Waals surface area contributed by atoms with Gasteiger partial charge in [0.05, 0.1) is 11.1 Å². The lowest BCUT2D eigenvalue weighted by atomic mass is 10.1. The molecule has 38 heavy (non-hydrogen) atoms. The van der Waals surface area contributed by atoms with Crippen molar-refractivity contribution in [1.82, 2.24) is 19.4 Å². The number of ether oxygens (including phenoxy) is 2. The molecule has 1 aliphatic rings. The Morgan fingerprint density at radius 3 is 2.42 bits per heavy atom. The Morgan fingerprint density at radius 1 is 0.947 bits per heavy atom. The van der Waals surface area contributed by atoms with Gasteiger partial charge in [0.1, 0.15) is 24.5 Å². The van der Waals surface area contributed by atoms with Crippen LogP contribution < -0.4 is 15.4 Å². The van der Waals surface area contributed by atoms with Crippen LogP contribution in [0.2, 0.25) is 25.7 Å². The Labute approximate surface area is 226 Å². The summed E-state index contributed by atoms with van der Waals surface area (Å²) in [5.74, 6) is 1.14. The molecule has 3 heterocycles. The number of hydrogen-bond donors (Lipinski definition) is 1. The van der Waals surface area contributed by atoms with Gasteiger partial charge < -0.3 is 29.6 Å². The average Bonchev–Trinajstić information content (AvgIpc) is 3.26. The number of aromatic nitrogens is 3. The van der Waals surface area contributed by atoms with E-state index in [1.165, 1.54) is 5.69 Å². The molecule has 0 amide bonds. The number of nitrogens with two attached hydrogens (primary N) is 1. The molecule has 0 spiro atoms. The van der Waals surface area contributed by atoms with Gasteiger partial charge in [0.2, 0.25) is 5.88 Å². The van der Waals surface area contributed by atoms with Gasteiger partial charge in [-0.15, -0.1) is 0 Å². The fourth-order valence-electron chi connectivity index (χ4n) is 4.62. The molecule has 2 aromatic carbocycles. The first kappa shape index (κ1) is 26.2. The minimum atomic E-state index is -1.19. The second-order valence-electron chi connectivity index (χ2n) is 11.2. The van der Waals surface area contributed by atoms with Gasteiger partial charge in [-0.1, -0.05) is 37.8 Å². The molecule has 0 unspecified atom stereocenters. The Balaban J connectivity index is 1.47. The number of nitrogens with zero attached hydrogens (tertiary/aromatic N) is 5. The number of benzene rings is 2. The Hall–Kier alpha value is -3.40. The first-order chi connectivity index (χ1) is 18.3. The summed E-state index contributed by atoms with van der Waals surface area (Å²) in [5, 5.41) is 0.835. The first-order valence-electron chi connectivity index (χ1n) is 13.3. The second-order valence-corrected chi connectivity index (χ2v) is 16.9. The SMILES string of the molecule is CN1CCN(c2ccc(-c3cc4c(Oc5cccc(N)c5)ncnc4n3COCC[Si](C)(C)C)cc2)CC1. The van der Waals surface area contributed by atoms with Crippen molar-refractivity contribution < 1.29 is 9.47 Å². The van der Waals surface area contributed by atoms with E-state index < -0.39 is 8.07 Å². The molecule has 4 aromatic rings. The first-order valence-corrected chi connectivity index (χ1v) is 17.0. The maximum Gasteiger partial charge on any atom is 0.231 e. The standard InChI is InChI=1S/C29H38N6O2Si/c1-33-12-14-34(15-13-33)24-10-8-22(9-11-24)27-19-26-28(35(27)21-36-16-17-38(2,3)4)31-20-32-29(26)37-25-7-5-6-23(30)18-25/h5-11,18-20H,12-17,21,30H2,1-4H3. The van der Waals surface area contributed by atoms with Crippen LogP contribution in [0, 0.1) is 0 Å². The summed E-state index contributed by atoms with van der Waals surface area (Å²) >= 11 is 0. The van der Waals surface area contributed by atoms with Crippen LogP contribution >= 0.6 is 0 Å². The van der Waals surface area contributed by atoms with E-state index in [2.05, 4.69) is 81.4 Å². The molecule has 5 rings (SSSR count). The highest BCUT2D eigenvalue weighted by Crippen LogP contribution is 2.34. The molecular weight excluding hydrogens is 492 g/mol. The van der Waals surface area contributed by atoms with E-state index in [1.807, 2.05) is 18.2 Å². The lowest BCUT2D eigenvalue weighted by Crippen LogP contribution is -2.44. The lowest BCUT2D eigenvalue weighted by Gasteiger charge is -2.34. The summed E-state index contributed by atoms with van der Waals surface area (Å²) in [6, 6.07) is 19.4. The van der Waals surface area contributed by atoms with E-state index in [1.54, 1.807) is 12.4 Å². The number of piperazine rings is 1. The van der Waals surface area contributed by atoms with Crippen molar-refractivity contribution in [3.8, 4) is 22.9 Å². The number of nitrogen functional groups attached to an aromatic ring is 1. The monoisotopic (exact) mass is 530 g/mol. The summed E-state index contributed by atoms with van der Waals surface area (Å²) in [6.07, 6.45) is 1.54. The Kier molecular flexibility index (Phi) is 7.69. The lowest BCUT2D eigenvalue weighted by molar-refractivity contribution is 0.0909. The molecule has 1 fully saturated rings. The number of rotatable bonds is 9. The fraction of sp³-hybridized carbons (Fsp3) is 0.379. The zero-order valence-corrected chi connectivity index (χ0v) is 23.9. The molecule has 2 N–H and O–H groups in total. The van der Waals surface area contributed by atoms with E-state index in [-0.39, 0.29) is 0 Å². The predicted molar refractivity (Wildman–Crippen MR) is 158 cm³/mol. The topological polar surface area (TPSA) is 81.7 Å². The highest BCUT2D eigenvalue weighted by Gasteiger charge is 2.19. The van der Waals surface area contributed by atoms with Crippen molar-refractivity contribution in [3.63, 3.8) is 0 Å². The molecular formula is C29H38N6O2Si. The van der Waals surface area contributed by atoms with Gasteiger partial charge in [0.15, 0.2) is 0 Å². The van der Waals surface area contributed by atoms with Crippen LogP contribution in [0.1, 0.15) is 0 Å². The van der Waals surface area contributed by atoms with Crippen molar-refractivity contribution in [2.75, 3.05) is 50.5 Å². The minimum Gasteiger partial charge on any atom is -0.438 e. The Bertz CT molecular complexity index is 1370. The molecule has 8 nitrogen and oxygen atoms in total. The largest absolute Gasteiger partial charge is 0.438 e. The van der Waals surface area contributed by atoms with Crippen molar-refractivity contribution in [2.45, 2.75) is 32.4 Å². The zero-order valence-electron chi connectivity index (χ0n) is 22.9. The molecule has 1 aliphatic heterocycles. The molecule has 0 aliphatic carbocycles. The predicted octanol–water partition coefficient (Wildman–Crippen LogP) is 5.54. The van der Waals surface area contributed by atoms with Crippen LogP contribution in [-0.2, 0) is 11.5 Å². The van der Waals surface area contributed by atoms with Gasteiger partial charge in [-0.3, -0.25) is 0 Å². The average molecular weight is 531 g/mol. The summed E-state index contributed by atoms with van der Waals surface area (Å²) < 4.78 is 14.5. The third kappa shape index (κ3) is 6.17. The van der Waals surface area contributed by atoms with E-state index >= 15 is 0 Å². The third-order valence-corrected chi connectivity index (χ3v) is 8.68. The van der Waals surface area contributed by atoms with Gasteiger partial charge in [0, 0.05) is 58.3 Å². The molecule has 1 saturated heterocycles. The quantitative estimate of drug-likeness (QED) is 0.173. The van der Waals surface area contributed by atoms with Gasteiger partial charge in [-0.25, -0.2) is 9.97 Å². The van der Waals surface area contributed by atoms with Crippen LogP contribution in [0.25, 0.3) is 22.3 Å². The summed E-state index contributed by atoms with van der Waals surface area (Å²) in [5.41, 5.74) is 10.8. The molecule has 0 atom stereocenters. The number of anilines is 2. The van der Waals surface area contributed by atoms with Crippen molar-refractivity contribution in [3.05, 3.63) is 60.9 Å². The van der Waals surface area contributed by atoms with E-state index in [0.29, 0.717) is 24.0 Å². The molecule has 0 saturated carbocycles.